The first-order valence-electron chi connectivity index (χ1n) is 3.05. The van der Waals surface area contributed by atoms with Gasteiger partial charge in [0.1, 0.15) is 10.8 Å². The molecule has 0 radical (unpaired) electrons. The van der Waals surface area contributed by atoms with Gasteiger partial charge in [-0.15, -0.1) is 0 Å². The van der Waals surface area contributed by atoms with Crippen LogP contribution in [0.3, 0.4) is 0 Å². The van der Waals surface area contributed by atoms with Crippen LogP contribution in [0.1, 0.15) is 0 Å². The molecule has 0 atom stereocenters. The van der Waals surface area contributed by atoms with Crippen molar-refractivity contribution in [2.24, 2.45) is 0 Å². The van der Waals surface area contributed by atoms with Crippen LogP contribution in [0.15, 0.2) is 24.5 Å². The molecular formula is C7H4ClIN2. The Bertz CT molecular complexity index is 396. The average molecular weight is 278 g/mol. The van der Waals surface area contributed by atoms with E-state index in [1.165, 1.54) is 0 Å². The van der Waals surface area contributed by atoms with Gasteiger partial charge in [0.15, 0.2) is 0 Å². The summed E-state index contributed by atoms with van der Waals surface area (Å²) in [6.07, 6.45) is 3.57. The Morgan fingerprint density at radius 3 is 3.09 bits per heavy atom. The minimum absolute atomic E-state index is 0.699. The summed E-state index contributed by atoms with van der Waals surface area (Å²) >= 11 is 8.14. The first-order valence-corrected chi connectivity index (χ1v) is 4.51. The molecule has 0 unspecified atom stereocenters. The third-order valence-corrected chi connectivity index (χ3v) is 2.34. The molecule has 56 valence electrons. The van der Waals surface area contributed by atoms with E-state index in [2.05, 4.69) is 27.6 Å². The maximum Gasteiger partial charge on any atom is 0.138 e. The first kappa shape index (κ1) is 7.36. The molecule has 2 rings (SSSR count). The molecule has 0 bridgehead atoms. The molecule has 4 heteroatoms. The average Bonchev–Trinajstić information content (AvgIpc) is 2.34. The van der Waals surface area contributed by atoms with Crippen molar-refractivity contribution in [3.05, 3.63) is 33.2 Å². The summed E-state index contributed by atoms with van der Waals surface area (Å²) in [5.74, 6) is 0. The normalized spacial score (nSPS) is 10.7. The van der Waals surface area contributed by atoms with Crippen LogP contribution in [0.2, 0.25) is 5.15 Å². The zero-order valence-electron chi connectivity index (χ0n) is 5.46. The van der Waals surface area contributed by atoms with E-state index in [0.717, 1.165) is 9.22 Å². The van der Waals surface area contributed by atoms with Crippen molar-refractivity contribution in [2.45, 2.75) is 0 Å². The highest BCUT2D eigenvalue weighted by Crippen LogP contribution is 2.16. The zero-order valence-corrected chi connectivity index (χ0v) is 8.37. The Morgan fingerprint density at radius 2 is 2.27 bits per heavy atom. The van der Waals surface area contributed by atoms with Crippen molar-refractivity contribution < 1.29 is 0 Å². The van der Waals surface area contributed by atoms with Crippen molar-refractivity contribution in [3.8, 4) is 0 Å². The third kappa shape index (κ3) is 1.22. The van der Waals surface area contributed by atoms with Gasteiger partial charge in [0.2, 0.25) is 0 Å². The van der Waals surface area contributed by atoms with Gasteiger partial charge in [0, 0.05) is 16.0 Å². The Balaban J connectivity index is 2.91. The number of imidazole rings is 1. The van der Waals surface area contributed by atoms with Gasteiger partial charge in [-0.3, -0.25) is 4.40 Å². The molecule has 2 aromatic heterocycles. The highest BCUT2D eigenvalue weighted by molar-refractivity contribution is 14.1. The monoisotopic (exact) mass is 278 g/mol. The van der Waals surface area contributed by atoms with E-state index in [4.69, 9.17) is 11.6 Å². The number of hydrogen-bond acceptors (Lipinski definition) is 1. The van der Waals surface area contributed by atoms with Crippen LogP contribution in [-0.4, -0.2) is 9.38 Å². The van der Waals surface area contributed by atoms with Crippen molar-refractivity contribution in [1.82, 2.24) is 9.38 Å². The Hall–Kier alpha value is -0.290. The van der Waals surface area contributed by atoms with Crippen LogP contribution in [0.25, 0.3) is 5.65 Å². The summed E-state index contributed by atoms with van der Waals surface area (Å²) in [5, 5.41) is 0.699. The van der Waals surface area contributed by atoms with Crippen molar-refractivity contribution in [1.29, 1.82) is 0 Å². The number of halogens is 2. The number of nitrogens with zero attached hydrogens (tertiary/aromatic N) is 2. The van der Waals surface area contributed by atoms with Crippen molar-refractivity contribution in [2.75, 3.05) is 0 Å². The van der Waals surface area contributed by atoms with E-state index in [-0.39, 0.29) is 0 Å². The van der Waals surface area contributed by atoms with Gasteiger partial charge in [-0.05, 0) is 34.7 Å². The molecule has 0 aliphatic rings. The number of rotatable bonds is 0. The molecule has 0 aromatic carbocycles. The van der Waals surface area contributed by atoms with Gasteiger partial charge in [-0.25, -0.2) is 4.98 Å². The summed E-state index contributed by atoms with van der Waals surface area (Å²) in [6.45, 7) is 0. The molecule has 11 heavy (non-hydrogen) atoms. The van der Waals surface area contributed by atoms with Crippen LogP contribution in [0.4, 0.5) is 0 Å². The molecule has 2 heterocycles. The molecule has 2 aromatic rings. The zero-order chi connectivity index (χ0) is 7.84. The molecule has 0 aliphatic carbocycles. The largest absolute Gasteiger partial charge is 0.290 e. The summed E-state index contributed by atoms with van der Waals surface area (Å²) in [4.78, 5) is 4.11. The summed E-state index contributed by atoms with van der Waals surface area (Å²) < 4.78 is 2.94. The maximum absolute atomic E-state index is 5.92. The maximum atomic E-state index is 5.92. The topological polar surface area (TPSA) is 17.3 Å². The quantitative estimate of drug-likeness (QED) is 0.535. The predicted octanol–water partition coefficient (Wildman–Crippen LogP) is 2.59. The van der Waals surface area contributed by atoms with Gasteiger partial charge in [0.25, 0.3) is 0 Å². The lowest BCUT2D eigenvalue weighted by atomic mass is 10.5. The highest BCUT2D eigenvalue weighted by atomic mass is 127. The van der Waals surface area contributed by atoms with E-state index >= 15 is 0 Å². The molecule has 2 nitrogen and oxygen atoms in total. The van der Waals surface area contributed by atoms with Gasteiger partial charge in [0.05, 0.1) is 0 Å². The molecule has 0 fully saturated rings. The van der Waals surface area contributed by atoms with E-state index in [0.29, 0.717) is 5.15 Å². The smallest absolute Gasteiger partial charge is 0.138 e. The Morgan fingerprint density at radius 1 is 1.45 bits per heavy atom. The fourth-order valence-corrected chi connectivity index (χ4v) is 1.97. The molecule has 0 spiro atoms. The van der Waals surface area contributed by atoms with Crippen LogP contribution < -0.4 is 0 Å². The van der Waals surface area contributed by atoms with Gasteiger partial charge < -0.3 is 0 Å². The van der Waals surface area contributed by atoms with Crippen LogP contribution in [0.5, 0.6) is 0 Å². The minimum Gasteiger partial charge on any atom is -0.290 e. The number of fused-ring (bicyclic) bond motifs is 1. The minimum atomic E-state index is 0.699. The van der Waals surface area contributed by atoms with Crippen LogP contribution in [0, 0.1) is 3.57 Å². The Kier molecular flexibility index (Phi) is 1.77. The van der Waals surface area contributed by atoms with E-state index in [1.807, 2.05) is 22.7 Å². The Labute approximate surface area is 82.3 Å². The van der Waals surface area contributed by atoms with E-state index in [1.54, 1.807) is 6.20 Å². The fourth-order valence-electron chi connectivity index (χ4n) is 0.951. The lowest BCUT2D eigenvalue weighted by Crippen LogP contribution is -1.85. The predicted molar refractivity (Wildman–Crippen MR) is 52.9 cm³/mol. The summed E-state index contributed by atoms with van der Waals surface area (Å²) in [7, 11) is 0. The molecule has 0 saturated heterocycles. The molecule has 0 saturated carbocycles. The second kappa shape index (κ2) is 2.64. The number of hydrogen-bond donors (Lipinski definition) is 0. The van der Waals surface area contributed by atoms with Gasteiger partial charge in [-0.2, -0.15) is 0 Å². The number of aromatic nitrogens is 2. The second-order valence-corrected chi connectivity index (χ2v) is 3.78. The molecule has 0 aliphatic heterocycles. The molecule has 0 N–H and O–H groups in total. The molecular weight excluding hydrogens is 274 g/mol. The van der Waals surface area contributed by atoms with Gasteiger partial charge in [-0.1, -0.05) is 11.6 Å². The van der Waals surface area contributed by atoms with Crippen molar-refractivity contribution >= 4 is 39.8 Å². The van der Waals surface area contributed by atoms with Crippen molar-refractivity contribution in [3.63, 3.8) is 0 Å². The third-order valence-electron chi connectivity index (χ3n) is 1.42. The van der Waals surface area contributed by atoms with Gasteiger partial charge >= 0.3 is 0 Å². The SMILES string of the molecule is Clc1cc(I)cc2nccn12. The number of pyridine rings is 1. The summed E-state index contributed by atoms with van der Waals surface area (Å²) in [5.41, 5.74) is 0.891. The van der Waals surface area contributed by atoms with Crippen LogP contribution in [-0.2, 0) is 0 Å². The fraction of sp³-hybridized carbons (Fsp3) is 0. The first-order chi connectivity index (χ1) is 5.27. The summed E-state index contributed by atoms with van der Waals surface area (Å²) in [6, 6.07) is 3.88. The van der Waals surface area contributed by atoms with E-state index < -0.39 is 0 Å². The van der Waals surface area contributed by atoms with Crippen LogP contribution >= 0.6 is 34.2 Å². The highest BCUT2D eigenvalue weighted by Gasteiger charge is 1.98. The lowest BCUT2D eigenvalue weighted by molar-refractivity contribution is 1.18. The molecule has 0 amide bonds. The lowest BCUT2D eigenvalue weighted by Gasteiger charge is -1.96. The van der Waals surface area contributed by atoms with E-state index in [9.17, 15) is 0 Å². The standard InChI is InChI=1S/C7H4ClIN2/c8-6-3-5(9)4-7-10-1-2-11(6)7/h1-4H. The second-order valence-electron chi connectivity index (χ2n) is 2.15.